The lowest BCUT2D eigenvalue weighted by Crippen LogP contribution is -2.21. The van der Waals surface area contributed by atoms with E-state index in [-0.39, 0.29) is 0 Å². The number of ether oxygens (including phenoxy) is 1. The maximum atomic E-state index is 5.38. The van der Waals surface area contributed by atoms with Crippen molar-refractivity contribution in [3.63, 3.8) is 0 Å². The van der Waals surface area contributed by atoms with E-state index in [4.69, 9.17) is 4.74 Å². The molecule has 0 spiro atoms. The lowest BCUT2D eigenvalue weighted by Gasteiger charge is -2.22. The summed E-state index contributed by atoms with van der Waals surface area (Å²) in [6.45, 7) is 7.80. The molecule has 2 heterocycles. The van der Waals surface area contributed by atoms with Gasteiger partial charge in [-0.25, -0.2) is 0 Å². The molecule has 1 aliphatic heterocycles. The van der Waals surface area contributed by atoms with Gasteiger partial charge in [-0.2, -0.15) is 5.10 Å². The summed E-state index contributed by atoms with van der Waals surface area (Å²) < 4.78 is 7.41. The first-order chi connectivity index (χ1) is 6.86. The van der Waals surface area contributed by atoms with E-state index in [0.29, 0.717) is 6.04 Å². The summed E-state index contributed by atoms with van der Waals surface area (Å²) in [6.07, 6.45) is 6.33. The van der Waals surface area contributed by atoms with Gasteiger partial charge in [0.15, 0.2) is 0 Å². The van der Waals surface area contributed by atoms with Crippen LogP contribution < -0.4 is 0 Å². The van der Waals surface area contributed by atoms with Gasteiger partial charge in [-0.3, -0.25) is 4.68 Å². The van der Waals surface area contributed by atoms with Gasteiger partial charge in [0.25, 0.3) is 0 Å². The third-order valence-electron chi connectivity index (χ3n) is 2.24. The van der Waals surface area contributed by atoms with Gasteiger partial charge < -0.3 is 4.74 Å². The lowest BCUT2D eigenvalue weighted by atomic mass is 10.1. The van der Waals surface area contributed by atoms with E-state index in [1.54, 1.807) is 0 Å². The molecular formula is C11H20N2O. The fourth-order valence-corrected chi connectivity index (χ4v) is 1.57. The van der Waals surface area contributed by atoms with E-state index in [0.717, 1.165) is 19.6 Å². The Balaban J connectivity index is 0.000000461. The average Bonchev–Trinajstić information content (AvgIpc) is 2.69. The summed E-state index contributed by atoms with van der Waals surface area (Å²) in [5.41, 5.74) is 1.22. The third kappa shape index (κ3) is 2.84. The number of aromatic nitrogens is 2. The summed E-state index contributed by atoms with van der Waals surface area (Å²) >= 11 is 0. The first-order valence-corrected chi connectivity index (χ1v) is 5.45. The largest absolute Gasteiger partial charge is 0.379 e. The van der Waals surface area contributed by atoms with Crippen molar-refractivity contribution in [2.45, 2.75) is 39.7 Å². The minimum atomic E-state index is 0.465. The smallest absolute Gasteiger partial charge is 0.0753 e. The number of nitrogens with zero attached hydrogens (tertiary/aromatic N) is 2. The van der Waals surface area contributed by atoms with E-state index in [2.05, 4.69) is 18.2 Å². The molecule has 3 heteroatoms. The van der Waals surface area contributed by atoms with E-state index >= 15 is 0 Å². The van der Waals surface area contributed by atoms with Gasteiger partial charge in [0.1, 0.15) is 0 Å². The Morgan fingerprint density at radius 3 is 2.79 bits per heavy atom. The van der Waals surface area contributed by atoms with E-state index in [1.165, 1.54) is 12.0 Å². The van der Waals surface area contributed by atoms with Gasteiger partial charge in [0.2, 0.25) is 0 Å². The summed E-state index contributed by atoms with van der Waals surface area (Å²) in [6, 6.07) is 0.465. The lowest BCUT2D eigenvalue weighted by molar-refractivity contribution is 0.0549. The second-order valence-corrected chi connectivity index (χ2v) is 3.37. The molecule has 0 radical (unpaired) electrons. The summed E-state index contributed by atoms with van der Waals surface area (Å²) in [7, 11) is 0. The van der Waals surface area contributed by atoms with Crippen LogP contribution in [-0.2, 0) is 4.74 Å². The second kappa shape index (κ2) is 5.81. The van der Waals surface area contributed by atoms with Crippen LogP contribution in [0, 0.1) is 6.92 Å². The Labute approximate surface area is 86.1 Å². The highest BCUT2D eigenvalue weighted by Crippen LogP contribution is 2.18. The zero-order valence-corrected chi connectivity index (χ0v) is 9.36. The maximum absolute atomic E-state index is 5.38. The summed E-state index contributed by atoms with van der Waals surface area (Å²) in [5, 5.41) is 4.28. The van der Waals surface area contributed by atoms with E-state index in [1.807, 2.05) is 24.7 Å². The molecule has 1 aromatic rings. The SMILES string of the molecule is CC.Cc1cnn(C2CCCOC2)c1. The molecule has 0 saturated carbocycles. The highest BCUT2D eigenvalue weighted by atomic mass is 16.5. The van der Waals surface area contributed by atoms with Crippen LogP contribution in [-0.4, -0.2) is 23.0 Å². The van der Waals surface area contributed by atoms with Gasteiger partial charge in [0, 0.05) is 12.8 Å². The molecule has 1 saturated heterocycles. The standard InChI is InChI=1S/C9H14N2O.C2H6/c1-8-5-10-11(6-8)9-3-2-4-12-7-9;1-2/h5-6,9H,2-4,7H2,1H3;1-2H3. The van der Waals surface area contributed by atoms with Crippen LogP contribution in [0.3, 0.4) is 0 Å². The molecule has 0 aliphatic carbocycles. The van der Waals surface area contributed by atoms with E-state index in [9.17, 15) is 0 Å². The van der Waals surface area contributed by atoms with Crippen LogP contribution in [0.1, 0.15) is 38.3 Å². The Hall–Kier alpha value is -0.830. The molecule has 1 aliphatic rings. The molecule has 0 aromatic carbocycles. The zero-order valence-electron chi connectivity index (χ0n) is 9.36. The van der Waals surface area contributed by atoms with Crippen molar-refractivity contribution in [3.8, 4) is 0 Å². The molecule has 3 nitrogen and oxygen atoms in total. The molecule has 0 bridgehead atoms. The molecule has 14 heavy (non-hydrogen) atoms. The van der Waals surface area contributed by atoms with Crippen molar-refractivity contribution >= 4 is 0 Å². The van der Waals surface area contributed by atoms with Gasteiger partial charge in [-0.1, -0.05) is 13.8 Å². The van der Waals surface area contributed by atoms with Gasteiger partial charge in [-0.05, 0) is 25.3 Å². The highest BCUT2D eigenvalue weighted by Gasteiger charge is 2.15. The predicted molar refractivity (Wildman–Crippen MR) is 57.4 cm³/mol. The molecule has 1 fully saturated rings. The Bertz CT molecular complexity index is 252. The van der Waals surface area contributed by atoms with Crippen molar-refractivity contribution in [2.24, 2.45) is 0 Å². The first-order valence-electron chi connectivity index (χ1n) is 5.45. The molecule has 1 unspecified atom stereocenters. The average molecular weight is 196 g/mol. The Morgan fingerprint density at radius 2 is 2.29 bits per heavy atom. The molecular weight excluding hydrogens is 176 g/mol. The summed E-state index contributed by atoms with van der Waals surface area (Å²) in [4.78, 5) is 0. The molecule has 80 valence electrons. The van der Waals surface area contributed by atoms with E-state index < -0.39 is 0 Å². The molecule has 1 aromatic heterocycles. The quantitative estimate of drug-likeness (QED) is 0.690. The van der Waals surface area contributed by atoms with Crippen molar-refractivity contribution in [3.05, 3.63) is 18.0 Å². The number of aryl methyl sites for hydroxylation is 1. The zero-order chi connectivity index (χ0) is 10.4. The fraction of sp³-hybridized carbons (Fsp3) is 0.727. The van der Waals surface area contributed by atoms with Crippen LogP contribution in [0.5, 0.6) is 0 Å². The minimum absolute atomic E-state index is 0.465. The molecule has 2 rings (SSSR count). The van der Waals surface area contributed by atoms with Crippen LogP contribution in [0.4, 0.5) is 0 Å². The number of hydrogen-bond acceptors (Lipinski definition) is 2. The van der Waals surface area contributed by atoms with Crippen LogP contribution in [0.2, 0.25) is 0 Å². The topological polar surface area (TPSA) is 27.1 Å². The highest BCUT2D eigenvalue weighted by molar-refractivity contribution is 5.00. The van der Waals surface area contributed by atoms with Gasteiger partial charge in [-0.15, -0.1) is 0 Å². The third-order valence-corrected chi connectivity index (χ3v) is 2.24. The second-order valence-electron chi connectivity index (χ2n) is 3.37. The maximum Gasteiger partial charge on any atom is 0.0753 e. The van der Waals surface area contributed by atoms with Crippen LogP contribution in [0.15, 0.2) is 12.4 Å². The van der Waals surface area contributed by atoms with Crippen molar-refractivity contribution < 1.29 is 4.74 Å². The monoisotopic (exact) mass is 196 g/mol. The first kappa shape index (κ1) is 11.2. The Kier molecular flexibility index (Phi) is 4.66. The molecule has 0 amide bonds. The molecule has 0 N–H and O–H groups in total. The Morgan fingerprint density at radius 1 is 1.50 bits per heavy atom. The number of rotatable bonds is 1. The number of hydrogen-bond donors (Lipinski definition) is 0. The van der Waals surface area contributed by atoms with Gasteiger partial charge >= 0.3 is 0 Å². The predicted octanol–water partition coefficient (Wildman–Crippen LogP) is 2.57. The van der Waals surface area contributed by atoms with Crippen LogP contribution in [0.25, 0.3) is 0 Å². The summed E-state index contributed by atoms with van der Waals surface area (Å²) in [5.74, 6) is 0. The normalized spacial score (nSPS) is 21.2. The molecule has 1 atom stereocenters. The van der Waals surface area contributed by atoms with Crippen molar-refractivity contribution in [2.75, 3.05) is 13.2 Å². The van der Waals surface area contributed by atoms with Crippen molar-refractivity contribution in [1.29, 1.82) is 0 Å². The van der Waals surface area contributed by atoms with Crippen LogP contribution >= 0.6 is 0 Å². The van der Waals surface area contributed by atoms with Crippen molar-refractivity contribution in [1.82, 2.24) is 9.78 Å². The fourth-order valence-electron chi connectivity index (χ4n) is 1.57. The minimum Gasteiger partial charge on any atom is -0.379 e. The van der Waals surface area contributed by atoms with Gasteiger partial charge in [0.05, 0.1) is 18.8 Å².